The average molecular weight is 561 g/mol. The van der Waals surface area contributed by atoms with Crippen molar-refractivity contribution >= 4 is 46.7 Å². The molecule has 3 heterocycles. The second-order valence-corrected chi connectivity index (χ2v) is 9.55. The smallest absolute Gasteiger partial charge is 0.153 e. The second-order valence-electron chi connectivity index (χ2n) is 7.98. The van der Waals surface area contributed by atoms with Crippen molar-refractivity contribution in [1.82, 2.24) is 20.2 Å². The number of nitrogens with zero attached hydrogens (tertiary/aromatic N) is 5. The van der Waals surface area contributed by atoms with Gasteiger partial charge in [-0.3, -0.25) is 14.9 Å². The molecule has 1 aromatic carbocycles. The van der Waals surface area contributed by atoms with Crippen LogP contribution >= 0.6 is 34.2 Å². The molecule has 0 radical (unpaired) electrons. The number of nitrogens with one attached hydrogen (secondary N) is 1. The predicted octanol–water partition coefficient (Wildman–Crippen LogP) is 5.03. The highest BCUT2D eigenvalue weighted by Gasteiger charge is 2.28. The van der Waals surface area contributed by atoms with Crippen LogP contribution in [0.1, 0.15) is 24.0 Å². The van der Waals surface area contributed by atoms with Gasteiger partial charge in [0.2, 0.25) is 0 Å². The lowest BCUT2D eigenvalue weighted by Gasteiger charge is -2.37. The SMILES string of the molecule is C=NN1C(=C)NC(C2CCCN(Cc3ccc(Cl)c(I)c3)C2)=CC1=NCc1cccnc1. The highest BCUT2D eigenvalue weighted by molar-refractivity contribution is 14.1. The fourth-order valence-corrected chi connectivity index (χ4v) is 4.79. The molecule has 4 rings (SSSR count). The van der Waals surface area contributed by atoms with Crippen LogP contribution in [0.25, 0.3) is 0 Å². The van der Waals surface area contributed by atoms with Gasteiger partial charge >= 0.3 is 0 Å². The molecule has 1 atom stereocenters. The Labute approximate surface area is 207 Å². The molecule has 32 heavy (non-hydrogen) atoms. The summed E-state index contributed by atoms with van der Waals surface area (Å²) in [5.74, 6) is 1.79. The van der Waals surface area contributed by atoms with Crippen molar-refractivity contribution in [3.05, 3.63) is 86.6 Å². The van der Waals surface area contributed by atoms with E-state index in [4.69, 9.17) is 16.6 Å². The molecule has 6 nitrogen and oxygen atoms in total. The molecule has 1 N–H and O–H groups in total. The topological polar surface area (TPSA) is 56.1 Å². The Morgan fingerprint density at radius 3 is 2.91 bits per heavy atom. The zero-order chi connectivity index (χ0) is 22.5. The first-order valence-corrected chi connectivity index (χ1v) is 12.0. The lowest BCUT2D eigenvalue weighted by molar-refractivity contribution is 0.180. The zero-order valence-corrected chi connectivity index (χ0v) is 20.8. The van der Waals surface area contributed by atoms with E-state index >= 15 is 0 Å². The van der Waals surface area contributed by atoms with Crippen molar-refractivity contribution in [2.75, 3.05) is 13.1 Å². The first kappa shape index (κ1) is 22.9. The number of aliphatic imine (C=N–C) groups is 1. The lowest BCUT2D eigenvalue weighted by atomic mass is 9.93. The number of rotatable bonds is 6. The third-order valence-corrected chi connectivity index (χ3v) is 7.21. The molecule has 8 heteroatoms. The number of likely N-dealkylation sites (tertiary alicyclic amines) is 1. The summed E-state index contributed by atoms with van der Waals surface area (Å²) in [6.07, 6.45) is 7.94. The number of halogens is 2. The number of piperidine rings is 1. The van der Waals surface area contributed by atoms with E-state index in [1.807, 2.05) is 24.4 Å². The normalized spacial score (nSPS) is 20.8. The molecule has 1 unspecified atom stereocenters. The Kier molecular flexibility index (Phi) is 7.59. The summed E-state index contributed by atoms with van der Waals surface area (Å²) < 4.78 is 1.09. The highest BCUT2D eigenvalue weighted by atomic mass is 127. The minimum atomic E-state index is 0.377. The standard InChI is InChI=1S/C24H26ClIN6/c1-17-30-23(12-24(32(17)27-2)29-14-19-5-3-9-28-13-19)20-6-4-10-31(16-20)15-18-7-8-21(25)22(26)11-18/h3,5,7-9,11-13,20,30H,1-2,4,6,10,14-16H2. The fourth-order valence-electron chi connectivity index (χ4n) is 4.10. The van der Waals surface area contributed by atoms with Crippen molar-refractivity contribution in [3.8, 4) is 0 Å². The molecule has 0 saturated carbocycles. The van der Waals surface area contributed by atoms with Gasteiger partial charge in [-0.25, -0.2) is 5.01 Å². The van der Waals surface area contributed by atoms with Gasteiger partial charge in [0.05, 0.1) is 11.6 Å². The van der Waals surface area contributed by atoms with Crippen LogP contribution in [0.5, 0.6) is 0 Å². The van der Waals surface area contributed by atoms with Gasteiger partial charge in [-0.05, 0) is 71.3 Å². The Morgan fingerprint density at radius 1 is 1.28 bits per heavy atom. The maximum absolute atomic E-state index is 6.19. The summed E-state index contributed by atoms with van der Waals surface area (Å²) in [5, 5.41) is 9.99. The highest BCUT2D eigenvalue weighted by Crippen LogP contribution is 2.28. The molecule has 0 bridgehead atoms. The van der Waals surface area contributed by atoms with Gasteiger partial charge in [-0.1, -0.05) is 30.3 Å². The van der Waals surface area contributed by atoms with E-state index in [0.717, 1.165) is 58.2 Å². The molecule has 1 fully saturated rings. The molecule has 0 amide bonds. The maximum Gasteiger partial charge on any atom is 0.153 e. The Bertz CT molecular complexity index is 1050. The number of hydrogen-bond acceptors (Lipinski definition) is 5. The van der Waals surface area contributed by atoms with Crippen molar-refractivity contribution in [2.45, 2.75) is 25.9 Å². The largest absolute Gasteiger partial charge is 0.344 e. The van der Waals surface area contributed by atoms with E-state index in [0.29, 0.717) is 18.3 Å². The molecule has 1 aromatic heterocycles. The van der Waals surface area contributed by atoms with Gasteiger partial charge in [0.25, 0.3) is 0 Å². The predicted molar refractivity (Wildman–Crippen MR) is 139 cm³/mol. The maximum atomic E-state index is 6.19. The summed E-state index contributed by atoms with van der Waals surface area (Å²) in [6.45, 7) is 11.3. The van der Waals surface area contributed by atoms with E-state index in [9.17, 15) is 0 Å². The Balaban J connectivity index is 1.50. The van der Waals surface area contributed by atoms with Crippen LogP contribution < -0.4 is 5.32 Å². The second kappa shape index (κ2) is 10.6. The number of hydrogen-bond donors (Lipinski definition) is 1. The number of aromatic nitrogens is 1. The van der Waals surface area contributed by atoms with E-state index in [2.05, 4.69) is 74.4 Å². The van der Waals surface area contributed by atoms with Crippen LogP contribution in [-0.4, -0.2) is 40.5 Å². The van der Waals surface area contributed by atoms with Gasteiger partial charge in [0.15, 0.2) is 5.84 Å². The lowest BCUT2D eigenvalue weighted by Crippen LogP contribution is -2.43. The monoisotopic (exact) mass is 560 g/mol. The van der Waals surface area contributed by atoms with Crippen LogP contribution in [0.4, 0.5) is 0 Å². The molecule has 0 aliphatic carbocycles. The van der Waals surface area contributed by atoms with E-state index in [1.54, 1.807) is 11.2 Å². The molecule has 1 saturated heterocycles. The molecular formula is C24H26ClIN6. The Hall–Kier alpha value is -2.23. The minimum Gasteiger partial charge on any atom is -0.344 e. The first-order valence-electron chi connectivity index (χ1n) is 10.6. The number of pyridine rings is 1. The summed E-state index contributed by atoms with van der Waals surface area (Å²) in [4.78, 5) is 11.4. The van der Waals surface area contributed by atoms with Gasteiger partial charge in [0.1, 0.15) is 5.82 Å². The van der Waals surface area contributed by atoms with E-state index in [-0.39, 0.29) is 0 Å². The first-order chi connectivity index (χ1) is 15.5. The summed E-state index contributed by atoms with van der Waals surface area (Å²) in [5.41, 5.74) is 3.47. The number of hydrazone groups is 1. The molecule has 166 valence electrons. The third kappa shape index (κ3) is 5.57. The van der Waals surface area contributed by atoms with Crippen molar-refractivity contribution in [3.63, 3.8) is 0 Å². The van der Waals surface area contributed by atoms with Gasteiger partial charge in [-0.15, -0.1) is 0 Å². The number of amidine groups is 1. The number of benzene rings is 1. The summed E-state index contributed by atoms with van der Waals surface area (Å²) >= 11 is 8.48. The molecule has 0 spiro atoms. The van der Waals surface area contributed by atoms with Crippen LogP contribution in [0.3, 0.4) is 0 Å². The quantitative estimate of drug-likeness (QED) is 0.398. The Morgan fingerprint density at radius 2 is 2.16 bits per heavy atom. The molecule has 2 aromatic rings. The summed E-state index contributed by atoms with van der Waals surface area (Å²) in [6, 6.07) is 10.2. The van der Waals surface area contributed by atoms with E-state index in [1.165, 1.54) is 5.56 Å². The van der Waals surface area contributed by atoms with Crippen LogP contribution in [0, 0.1) is 9.49 Å². The average Bonchev–Trinajstić information content (AvgIpc) is 2.80. The summed E-state index contributed by atoms with van der Waals surface area (Å²) in [7, 11) is 0. The van der Waals surface area contributed by atoms with Crippen LogP contribution in [0.15, 0.2) is 77.0 Å². The molecular weight excluding hydrogens is 535 g/mol. The minimum absolute atomic E-state index is 0.377. The van der Waals surface area contributed by atoms with Crippen molar-refractivity contribution < 1.29 is 0 Å². The van der Waals surface area contributed by atoms with Crippen molar-refractivity contribution in [2.24, 2.45) is 16.0 Å². The molecule has 2 aliphatic rings. The third-order valence-electron chi connectivity index (χ3n) is 5.67. The van der Waals surface area contributed by atoms with Crippen LogP contribution in [0.2, 0.25) is 5.02 Å². The zero-order valence-electron chi connectivity index (χ0n) is 17.8. The van der Waals surface area contributed by atoms with E-state index < -0.39 is 0 Å². The van der Waals surface area contributed by atoms with Crippen molar-refractivity contribution in [1.29, 1.82) is 0 Å². The van der Waals surface area contributed by atoms with Gasteiger partial charge in [-0.2, -0.15) is 5.10 Å². The fraction of sp³-hybridized carbons (Fsp3) is 0.292. The van der Waals surface area contributed by atoms with Crippen LogP contribution in [-0.2, 0) is 13.1 Å². The van der Waals surface area contributed by atoms with Gasteiger partial charge in [0, 0.05) is 53.5 Å². The van der Waals surface area contributed by atoms with Gasteiger partial charge < -0.3 is 5.32 Å². The molecule has 2 aliphatic heterocycles.